The lowest BCUT2D eigenvalue weighted by molar-refractivity contribution is 0.194. The van der Waals surface area contributed by atoms with Crippen molar-refractivity contribution in [2.75, 3.05) is 0 Å². The number of aryl methyl sites for hydroxylation is 1. The minimum Gasteiger partial charge on any atom is -0.389 e. The quantitative estimate of drug-likeness (QED) is 0.719. The van der Waals surface area contributed by atoms with E-state index in [1.54, 1.807) is 13.0 Å². The van der Waals surface area contributed by atoms with Gasteiger partial charge in [0.25, 0.3) is 0 Å². The second-order valence-electron chi connectivity index (χ2n) is 2.83. The normalized spacial score (nSPS) is 13.1. The lowest BCUT2D eigenvalue weighted by Crippen LogP contribution is -1.97. The fraction of sp³-hybridized carbons (Fsp3) is 0.333. The van der Waals surface area contributed by atoms with Crippen LogP contribution < -0.4 is 0 Å². The first-order valence-corrected chi connectivity index (χ1v) is 4.03. The van der Waals surface area contributed by atoms with Gasteiger partial charge in [-0.15, -0.1) is 0 Å². The Morgan fingerprint density at radius 2 is 2.08 bits per heavy atom. The van der Waals surface area contributed by atoms with Crippen LogP contribution in [0.25, 0.3) is 0 Å². The highest BCUT2D eigenvalue weighted by atomic mass is 35.5. The molecule has 0 aliphatic heterocycles. The Bertz CT molecular complexity index is 297. The van der Waals surface area contributed by atoms with E-state index < -0.39 is 11.9 Å². The summed E-state index contributed by atoms with van der Waals surface area (Å²) in [6, 6.07) is 3.12. The smallest absolute Gasteiger partial charge is 0.147 e. The zero-order valence-corrected chi connectivity index (χ0v) is 7.69. The van der Waals surface area contributed by atoms with E-state index in [-0.39, 0.29) is 10.6 Å². The number of aliphatic hydroxyl groups excluding tert-OH is 1. The molecule has 1 aromatic carbocycles. The molecule has 12 heavy (non-hydrogen) atoms. The molecule has 0 heterocycles. The Kier molecular flexibility index (Phi) is 2.70. The molecular formula is C9H10ClFO. The van der Waals surface area contributed by atoms with E-state index in [4.69, 9.17) is 16.7 Å². The predicted octanol–water partition coefficient (Wildman–Crippen LogP) is 2.84. The monoisotopic (exact) mass is 188 g/mol. The molecule has 1 nitrogen and oxygen atoms in total. The second kappa shape index (κ2) is 3.42. The molecule has 0 saturated heterocycles. The van der Waals surface area contributed by atoms with Gasteiger partial charge in [-0.3, -0.25) is 0 Å². The average Bonchev–Trinajstić information content (AvgIpc) is 1.96. The highest BCUT2D eigenvalue weighted by molar-refractivity contribution is 6.30. The Balaban J connectivity index is 3.28. The van der Waals surface area contributed by atoms with Crippen LogP contribution in [-0.2, 0) is 0 Å². The van der Waals surface area contributed by atoms with Gasteiger partial charge in [-0.25, -0.2) is 4.39 Å². The first-order chi connectivity index (χ1) is 5.52. The Labute approximate surface area is 75.8 Å². The van der Waals surface area contributed by atoms with Crippen molar-refractivity contribution >= 4 is 11.6 Å². The summed E-state index contributed by atoms with van der Waals surface area (Å²) in [6.07, 6.45) is -0.817. The molecule has 0 aliphatic rings. The fourth-order valence-electron chi connectivity index (χ4n) is 1.06. The molecule has 0 fully saturated rings. The molecular weight excluding hydrogens is 179 g/mol. The van der Waals surface area contributed by atoms with E-state index in [0.717, 1.165) is 5.56 Å². The molecule has 0 spiro atoms. The molecule has 0 aromatic heterocycles. The number of aliphatic hydroxyl groups is 1. The van der Waals surface area contributed by atoms with Crippen molar-refractivity contribution in [1.29, 1.82) is 0 Å². The standard InChI is InChI=1S/C9H10ClFO/c1-5-3-7(6(2)12)9(11)8(10)4-5/h3-4,6,12H,1-2H3. The van der Waals surface area contributed by atoms with Crippen molar-refractivity contribution in [3.05, 3.63) is 34.1 Å². The maximum atomic E-state index is 13.1. The van der Waals surface area contributed by atoms with Gasteiger partial charge in [-0.1, -0.05) is 17.7 Å². The highest BCUT2D eigenvalue weighted by Crippen LogP contribution is 2.24. The molecule has 0 radical (unpaired) electrons. The van der Waals surface area contributed by atoms with Crippen LogP contribution in [0.15, 0.2) is 12.1 Å². The first kappa shape index (κ1) is 9.49. The predicted molar refractivity (Wildman–Crippen MR) is 46.8 cm³/mol. The maximum absolute atomic E-state index is 13.1. The van der Waals surface area contributed by atoms with Crippen LogP contribution in [-0.4, -0.2) is 5.11 Å². The third-order valence-corrected chi connectivity index (χ3v) is 1.93. The largest absolute Gasteiger partial charge is 0.389 e. The van der Waals surface area contributed by atoms with E-state index in [1.165, 1.54) is 13.0 Å². The topological polar surface area (TPSA) is 20.2 Å². The Hall–Kier alpha value is -0.600. The van der Waals surface area contributed by atoms with Crippen LogP contribution in [0.5, 0.6) is 0 Å². The van der Waals surface area contributed by atoms with Gasteiger partial charge < -0.3 is 5.11 Å². The number of hydrogen-bond acceptors (Lipinski definition) is 1. The summed E-state index contributed by atoms with van der Waals surface area (Å²) in [5, 5.41) is 9.22. The van der Waals surface area contributed by atoms with E-state index in [9.17, 15) is 4.39 Å². The van der Waals surface area contributed by atoms with Crippen LogP contribution >= 0.6 is 11.6 Å². The summed E-state index contributed by atoms with van der Waals surface area (Å²) in [6.45, 7) is 3.31. The zero-order chi connectivity index (χ0) is 9.30. The van der Waals surface area contributed by atoms with Crippen molar-refractivity contribution in [3.63, 3.8) is 0 Å². The molecule has 0 amide bonds. The average molecular weight is 189 g/mol. The van der Waals surface area contributed by atoms with Gasteiger partial charge in [0, 0.05) is 5.56 Å². The van der Waals surface area contributed by atoms with E-state index in [1.807, 2.05) is 0 Å². The highest BCUT2D eigenvalue weighted by Gasteiger charge is 2.11. The summed E-state index contributed by atoms with van der Waals surface area (Å²) < 4.78 is 13.1. The third-order valence-electron chi connectivity index (χ3n) is 1.65. The molecule has 3 heteroatoms. The molecule has 0 bridgehead atoms. The van der Waals surface area contributed by atoms with E-state index in [2.05, 4.69) is 0 Å². The molecule has 1 unspecified atom stereocenters. The molecule has 66 valence electrons. The van der Waals surface area contributed by atoms with E-state index >= 15 is 0 Å². The van der Waals surface area contributed by atoms with Crippen molar-refractivity contribution in [3.8, 4) is 0 Å². The minimum atomic E-state index is -0.817. The van der Waals surface area contributed by atoms with Crippen LogP contribution in [0.2, 0.25) is 5.02 Å². The molecule has 1 atom stereocenters. The molecule has 1 aromatic rings. The van der Waals surface area contributed by atoms with Crippen molar-refractivity contribution < 1.29 is 9.50 Å². The van der Waals surface area contributed by atoms with Crippen molar-refractivity contribution in [2.45, 2.75) is 20.0 Å². The lowest BCUT2D eigenvalue weighted by atomic mass is 10.1. The van der Waals surface area contributed by atoms with Crippen LogP contribution in [0.4, 0.5) is 4.39 Å². The van der Waals surface area contributed by atoms with Gasteiger partial charge in [0.2, 0.25) is 0 Å². The molecule has 0 aliphatic carbocycles. The fourth-order valence-corrected chi connectivity index (χ4v) is 1.34. The summed E-state index contributed by atoms with van der Waals surface area (Å²) in [7, 11) is 0. The molecule has 0 saturated carbocycles. The number of halogens is 2. The maximum Gasteiger partial charge on any atom is 0.147 e. The van der Waals surface area contributed by atoms with Crippen molar-refractivity contribution in [2.24, 2.45) is 0 Å². The first-order valence-electron chi connectivity index (χ1n) is 3.66. The second-order valence-corrected chi connectivity index (χ2v) is 3.23. The SMILES string of the molecule is Cc1cc(Cl)c(F)c(C(C)O)c1. The third kappa shape index (κ3) is 1.76. The molecule has 1 rings (SSSR count). The van der Waals surface area contributed by atoms with Gasteiger partial charge in [0.05, 0.1) is 11.1 Å². The molecule has 1 N–H and O–H groups in total. The summed E-state index contributed by atoms with van der Waals surface area (Å²) in [5.41, 5.74) is 1.09. The summed E-state index contributed by atoms with van der Waals surface area (Å²) in [5.74, 6) is -0.530. The Morgan fingerprint density at radius 1 is 1.50 bits per heavy atom. The zero-order valence-electron chi connectivity index (χ0n) is 6.94. The van der Waals surface area contributed by atoms with Gasteiger partial charge in [0.1, 0.15) is 5.82 Å². The van der Waals surface area contributed by atoms with E-state index in [0.29, 0.717) is 0 Å². The van der Waals surface area contributed by atoms with Gasteiger partial charge >= 0.3 is 0 Å². The summed E-state index contributed by atoms with van der Waals surface area (Å²) in [4.78, 5) is 0. The van der Waals surface area contributed by atoms with Gasteiger partial charge in [-0.05, 0) is 25.5 Å². The number of benzene rings is 1. The number of hydrogen-bond donors (Lipinski definition) is 1. The van der Waals surface area contributed by atoms with Crippen LogP contribution in [0, 0.1) is 12.7 Å². The minimum absolute atomic E-state index is 0.0610. The Morgan fingerprint density at radius 3 is 2.58 bits per heavy atom. The summed E-state index contributed by atoms with van der Waals surface area (Å²) >= 11 is 5.58. The number of rotatable bonds is 1. The van der Waals surface area contributed by atoms with Crippen LogP contribution in [0.3, 0.4) is 0 Å². The lowest BCUT2D eigenvalue weighted by Gasteiger charge is -2.08. The van der Waals surface area contributed by atoms with Gasteiger partial charge in [-0.2, -0.15) is 0 Å². The van der Waals surface area contributed by atoms with Gasteiger partial charge in [0.15, 0.2) is 0 Å². The van der Waals surface area contributed by atoms with Crippen molar-refractivity contribution in [1.82, 2.24) is 0 Å². The van der Waals surface area contributed by atoms with Crippen LogP contribution in [0.1, 0.15) is 24.2 Å².